The van der Waals surface area contributed by atoms with Crippen LogP contribution in [0.2, 0.25) is 0 Å². The SMILES string of the molecule is NC(=O)CCC1(S)SS1. The van der Waals surface area contributed by atoms with E-state index in [1.54, 1.807) is 21.6 Å². The molecule has 0 atom stereocenters. The third-order valence-corrected chi connectivity index (χ3v) is 5.14. The fraction of sp³-hybridized carbons (Fsp3) is 0.750. The molecule has 0 aromatic heterocycles. The largest absolute Gasteiger partial charge is 0.370 e. The first-order valence-electron chi connectivity index (χ1n) is 2.50. The van der Waals surface area contributed by atoms with Crippen molar-refractivity contribution in [3.63, 3.8) is 0 Å². The molecular formula is C4H7NOS3. The van der Waals surface area contributed by atoms with Crippen LogP contribution in [0, 0.1) is 0 Å². The maximum atomic E-state index is 10.2. The minimum absolute atomic E-state index is 0.00896. The molecule has 0 radical (unpaired) electrons. The number of hydrogen-bond acceptors (Lipinski definition) is 4. The highest BCUT2D eigenvalue weighted by Gasteiger charge is 2.41. The van der Waals surface area contributed by atoms with Crippen LogP contribution in [0.1, 0.15) is 12.8 Å². The van der Waals surface area contributed by atoms with E-state index in [0.29, 0.717) is 6.42 Å². The maximum absolute atomic E-state index is 10.2. The van der Waals surface area contributed by atoms with E-state index in [2.05, 4.69) is 12.6 Å². The second-order valence-electron chi connectivity index (χ2n) is 1.85. The zero-order valence-electron chi connectivity index (χ0n) is 4.66. The smallest absolute Gasteiger partial charge is 0.217 e. The van der Waals surface area contributed by atoms with E-state index < -0.39 is 0 Å². The second-order valence-corrected chi connectivity index (χ2v) is 6.20. The molecule has 0 saturated carbocycles. The van der Waals surface area contributed by atoms with Crippen LogP contribution in [-0.2, 0) is 4.79 Å². The number of carbonyl (C=O) groups excluding carboxylic acids is 1. The van der Waals surface area contributed by atoms with Crippen molar-refractivity contribution < 1.29 is 4.79 Å². The molecule has 1 saturated heterocycles. The Kier molecular flexibility index (Phi) is 2.23. The van der Waals surface area contributed by atoms with E-state index >= 15 is 0 Å². The van der Waals surface area contributed by atoms with Gasteiger partial charge in [0, 0.05) is 6.42 Å². The molecule has 1 rings (SSSR count). The number of thiol groups is 1. The van der Waals surface area contributed by atoms with E-state index in [1.807, 2.05) is 0 Å². The molecule has 1 aliphatic rings. The molecule has 1 fully saturated rings. The third-order valence-electron chi connectivity index (χ3n) is 0.963. The van der Waals surface area contributed by atoms with Gasteiger partial charge in [0.15, 0.2) is 0 Å². The molecule has 2 N–H and O–H groups in total. The average Bonchev–Trinajstić information content (AvgIpc) is 2.45. The Morgan fingerprint density at radius 1 is 1.67 bits per heavy atom. The average molecular weight is 181 g/mol. The van der Waals surface area contributed by atoms with Crippen molar-refractivity contribution in [3.8, 4) is 0 Å². The Morgan fingerprint density at radius 3 is 2.56 bits per heavy atom. The maximum Gasteiger partial charge on any atom is 0.217 e. The Bertz CT molecular complexity index is 134. The normalized spacial score (nSPS) is 21.4. The van der Waals surface area contributed by atoms with E-state index in [1.165, 1.54) is 0 Å². The highest BCUT2D eigenvalue weighted by molar-refractivity contribution is 8.97. The van der Waals surface area contributed by atoms with Gasteiger partial charge >= 0.3 is 0 Å². The van der Waals surface area contributed by atoms with Gasteiger partial charge in [-0.1, -0.05) is 21.6 Å². The summed E-state index contributed by atoms with van der Waals surface area (Å²) in [6.45, 7) is 0. The molecule has 0 bridgehead atoms. The molecule has 1 aliphatic heterocycles. The van der Waals surface area contributed by atoms with Gasteiger partial charge in [-0.25, -0.2) is 0 Å². The molecule has 1 amide bonds. The Labute approximate surface area is 67.1 Å². The summed E-state index contributed by atoms with van der Waals surface area (Å²) in [5, 5.41) is 0. The van der Waals surface area contributed by atoms with Crippen molar-refractivity contribution in [1.82, 2.24) is 0 Å². The molecule has 0 aromatic carbocycles. The molecule has 0 aliphatic carbocycles. The summed E-state index contributed by atoms with van der Waals surface area (Å²) in [6.07, 6.45) is 1.23. The Hall–Kier alpha value is 0.520. The van der Waals surface area contributed by atoms with Crippen LogP contribution >= 0.6 is 34.2 Å². The van der Waals surface area contributed by atoms with Crippen molar-refractivity contribution in [3.05, 3.63) is 0 Å². The number of primary amides is 1. The summed E-state index contributed by atoms with van der Waals surface area (Å²) in [6, 6.07) is 0. The molecule has 0 spiro atoms. The van der Waals surface area contributed by atoms with Gasteiger partial charge in [-0.3, -0.25) is 4.79 Å². The predicted octanol–water partition coefficient (Wildman–Crippen LogP) is 1.23. The highest BCUT2D eigenvalue weighted by atomic mass is 33.2. The van der Waals surface area contributed by atoms with Crippen LogP contribution in [0.5, 0.6) is 0 Å². The predicted molar refractivity (Wildman–Crippen MR) is 45.3 cm³/mol. The second kappa shape index (κ2) is 2.64. The Balaban J connectivity index is 2.12. The lowest BCUT2D eigenvalue weighted by Gasteiger charge is -1.98. The molecule has 52 valence electrons. The molecule has 0 aromatic rings. The lowest BCUT2D eigenvalue weighted by molar-refractivity contribution is -0.118. The van der Waals surface area contributed by atoms with Crippen LogP contribution < -0.4 is 5.73 Å². The molecule has 2 nitrogen and oxygen atoms in total. The number of nitrogens with two attached hydrogens (primary N) is 1. The third kappa shape index (κ3) is 2.73. The van der Waals surface area contributed by atoms with Crippen LogP contribution in [0.15, 0.2) is 0 Å². The zero-order valence-corrected chi connectivity index (χ0v) is 7.19. The summed E-state index contributed by atoms with van der Waals surface area (Å²) < 4.78 is 0.00896. The van der Waals surface area contributed by atoms with Gasteiger partial charge in [0.2, 0.25) is 5.91 Å². The van der Waals surface area contributed by atoms with Gasteiger partial charge in [0.1, 0.15) is 3.41 Å². The first-order valence-corrected chi connectivity index (χ1v) is 5.10. The van der Waals surface area contributed by atoms with Gasteiger partial charge in [-0.15, -0.1) is 12.6 Å². The fourth-order valence-electron chi connectivity index (χ4n) is 0.413. The van der Waals surface area contributed by atoms with Gasteiger partial charge in [0.25, 0.3) is 0 Å². The zero-order chi connectivity index (χ0) is 6.91. The standard InChI is InChI=1S/C4H7NOS3/c5-3(6)1-2-4(7)8-9-4/h7H,1-2H2,(H2,5,6). The summed E-state index contributed by atoms with van der Waals surface area (Å²) in [4.78, 5) is 10.2. The number of carbonyl (C=O) groups is 1. The monoisotopic (exact) mass is 181 g/mol. The van der Waals surface area contributed by atoms with Crippen molar-refractivity contribution in [2.24, 2.45) is 5.73 Å². The van der Waals surface area contributed by atoms with Gasteiger partial charge in [-0.2, -0.15) is 0 Å². The molecule has 5 heteroatoms. The highest BCUT2D eigenvalue weighted by Crippen LogP contribution is 2.69. The van der Waals surface area contributed by atoms with Gasteiger partial charge in [0.05, 0.1) is 0 Å². The van der Waals surface area contributed by atoms with Gasteiger partial charge < -0.3 is 5.73 Å². The van der Waals surface area contributed by atoms with Crippen LogP contribution in [-0.4, -0.2) is 9.32 Å². The van der Waals surface area contributed by atoms with E-state index in [9.17, 15) is 4.79 Å². The van der Waals surface area contributed by atoms with Crippen LogP contribution in [0.25, 0.3) is 0 Å². The van der Waals surface area contributed by atoms with Crippen molar-refractivity contribution >= 4 is 40.1 Å². The lowest BCUT2D eigenvalue weighted by Crippen LogP contribution is -2.12. The molecular weight excluding hydrogens is 174 g/mol. The lowest BCUT2D eigenvalue weighted by atomic mass is 10.3. The minimum Gasteiger partial charge on any atom is -0.370 e. The summed E-state index contributed by atoms with van der Waals surface area (Å²) in [5.74, 6) is -0.239. The topological polar surface area (TPSA) is 43.1 Å². The first-order chi connectivity index (χ1) is 4.12. The van der Waals surface area contributed by atoms with Gasteiger partial charge in [-0.05, 0) is 6.42 Å². The fourth-order valence-corrected chi connectivity index (χ4v) is 2.12. The van der Waals surface area contributed by atoms with E-state index in [4.69, 9.17) is 5.73 Å². The summed E-state index contributed by atoms with van der Waals surface area (Å²) in [7, 11) is 3.37. The summed E-state index contributed by atoms with van der Waals surface area (Å²) in [5.41, 5.74) is 4.94. The van der Waals surface area contributed by atoms with E-state index in [0.717, 1.165) is 6.42 Å². The quantitative estimate of drug-likeness (QED) is 0.391. The minimum atomic E-state index is -0.239. The van der Waals surface area contributed by atoms with Crippen LogP contribution in [0.4, 0.5) is 0 Å². The number of hydrogen-bond donors (Lipinski definition) is 2. The Morgan fingerprint density at radius 2 is 2.22 bits per heavy atom. The first kappa shape index (κ1) is 7.63. The molecule has 1 heterocycles. The molecule has 0 unspecified atom stereocenters. The van der Waals surface area contributed by atoms with E-state index in [-0.39, 0.29) is 9.32 Å². The van der Waals surface area contributed by atoms with Crippen molar-refractivity contribution in [1.29, 1.82) is 0 Å². The van der Waals surface area contributed by atoms with Crippen LogP contribution in [0.3, 0.4) is 0 Å². The number of amides is 1. The summed E-state index contributed by atoms with van der Waals surface area (Å²) >= 11 is 4.26. The van der Waals surface area contributed by atoms with Crippen molar-refractivity contribution in [2.75, 3.05) is 0 Å². The van der Waals surface area contributed by atoms with Crippen molar-refractivity contribution in [2.45, 2.75) is 16.3 Å². The number of rotatable bonds is 3. The molecule has 9 heavy (non-hydrogen) atoms.